The monoisotopic (exact) mass is 392 g/mol. The van der Waals surface area contributed by atoms with Crippen molar-refractivity contribution in [3.05, 3.63) is 60.3 Å². The van der Waals surface area contributed by atoms with Gasteiger partial charge in [-0.15, -0.1) is 11.0 Å². The van der Waals surface area contributed by atoms with Crippen molar-refractivity contribution in [2.24, 2.45) is 0 Å². The molecule has 2 aromatic heterocycles. The molecule has 1 amide bonds. The molecule has 0 bridgehead atoms. The quantitative estimate of drug-likeness (QED) is 0.599. The standard InChI is InChI=1S/C21H20N4O4/c1-2-3-10-24(12-16-7-6-11-27-16)21(26)18-14-25(23-22-18)13-17-15-28-19-8-4-5-9-20(19)29-17/h4-9,11,14,17H,10,12-13,15H2,1H3/t17-/m1/s1. The SMILES string of the molecule is CC#CCN(Cc1ccco1)C(=O)c1cn(C[C@@H]2COc3ccccc3O2)nn1. The number of hydrogen-bond donors (Lipinski definition) is 0. The number of hydrogen-bond acceptors (Lipinski definition) is 6. The van der Waals surface area contributed by atoms with Crippen molar-refractivity contribution in [1.82, 2.24) is 19.9 Å². The molecule has 1 aromatic carbocycles. The molecule has 0 spiro atoms. The summed E-state index contributed by atoms with van der Waals surface area (Å²) in [5, 5.41) is 8.10. The smallest absolute Gasteiger partial charge is 0.277 e. The van der Waals surface area contributed by atoms with E-state index in [1.54, 1.807) is 35.0 Å². The zero-order valence-corrected chi connectivity index (χ0v) is 15.9. The average Bonchev–Trinajstić information content (AvgIpc) is 3.43. The first kappa shape index (κ1) is 18.6. The molecule has 1 aliphatic rings. The van der Waals surface area contributed by atoms with Gasteiger partial charge in [0.2, 0.25) is 0 Å². The Morgan fingerprint density at radius 1 is 1.28 bits per heavy atom. The van der Waals surface area contributed by atoms with Crippen LogP contribution in [0.25, 0.3) is 0 Å². The maximum Gasteiger partial charge on any atom is 0.277 e. The number of benzene rings is 1. The van der Waals surface area contributed by atoms with Crippen LogP contribution in [-0.4, -0.2) is 45.1 Å². The summed E-state index contributed by atoms with van der Waals surface area (Å²) in [6, 6.07) is 11.1. The van der Waals surface area contributed by atoms with E-state index < -0.39 is 0 Å². The highest BCUT2D eigenvalue weighted by Crippen LogP contribution is 2.31. The first-order valence-corrected chi connectivity index (χ1v) is 9.23. The number of fused-ring (bicyclic) bond motifs is 1. The molecule has 0 fully saturated rings. The van der Waals surface area contributed by atoms with Gasteiger partial charge in [-0.1, -0.05) is 23.3 Å². The third kappa shape index (κ3) is 4.41. The summed E-state index contributed by atoms with van der Waals surface area (Å²) < 4.78 is 18.6. The van der Waals surface area contributed by atoms with Crippen LogP contribution in [0, 0.1) is 11.8 Å². The summed E-state index contributed by atoms with van der Waals surface area (Å²) in [5.74, 6) is 7.56. The molecule has 1 aliphatic heterocycles. The first-order chi connectivity index (χ1) is 14.2. The van der Waals surface area contributed by atoms with Crippen LogP contribution in [0.4, 0.5) is 0 Å². The van der Waals surface area contributed by atoms with E-state index in [-0.39, 0.29) is 24.2 Å². The summed E-state index contributed by atoms with van der Waals surface area (Å²) in [6.45, 7) is 3.14. The van der Waals surface area contributed by atoms with Crippen molar-refractivity contribution < 1.29 is 18.7 Å². The zero-order valence-electron chi connectivity index (χ0n) is 15.9. The predicted molar refractivity (Wildman–Crippen MR) is 103 cm³/mol. The lowest BCUT2D eigenvalue weighted by Gasteiger charge is -2.26. The van der Waals surface area contributed by atoms with Gasteiger partial charge in [0, 0.05) is 0 Å². The Morgan fingerprint density at radius 2 is 2.14 bits per heavy atom. The van der Waals surface area contributed by atoms with Crippen molar-refractivity contribution in [3.63, 3.8) is 0 Å². The van der Waals surface area contributed by atoms with Crippen LogP contribution >= 0.6 is 0 Å². The van der Waals surface area contributed by atoms with Crippen molar-refractivity contribution in [2.45, 2.75) is 26.1 Å². The summed E-state index contributed by atoms with van der Waals surface area (Å²) in [5.41, 5.74) is 0.242. The third-order valence-corrected chi connectivity index (χ3v) is 4.38. The van der Waals surface area contributed by atoms with Crippen LogP contribution in [0.15, 0.2) is 53.3 Å². The van der Waals surface area contributed by atoms with Gasteiger partial charge in [0.1, 0.15) is 12.4 Å². The van der Waals surface area contributed by atoms with Crippen molar-refractivity contribution >= 4 is 5.91 Å². The fourth-order valence-electron chi connectivity index (χ4n) is 2.97. The second-order valence-electron chi connectivity index (χ2n) is 6.49. The maximum atomic E-state index is 12.9. The predicted octanol–water partition coefficient (Wildman–Crippen LogP) is 2.38. The van der Waals surface area contributed by atoms with Crippen LogP contribution in [0.1, 0.15) is 23.2 Å². The molecule has 3 aromatic rings. The van der Waals surface area contributed by atoms with Gasteiger partial charge in [0.25, 0.3) is 5.91 Å². The Morgan fingerprint density at radius 3 is 2.93 bits per heavy atom. The molecule has 29 heavy (non-hydrogen) atoms. The lowest BCUT2D eigenvalue weighted by Crippen LogP contribution is -2.33. The third-order valence-electron chi connectivity index (χ3n) is 4.38. The lowest BCUT2D eigenvalue weighted by atomic mass is 10.2. The van der Waals surface area contributed by atoms with E-state index in [1.807, 2.05) is 30.3 Å². The second kappa shape index (κ2) is 8.52. The van der Waals surface area contributed by atoms with Gasteiger partial charge < -0.3 is 18.8 Å². The average molecular weight is 392 g/mol. The topological polar surface area (TPSA) is 82.6 Å². The molecule has 8 heteroatoms. The molecule has 0 radical (unpaired) electrons. The maximum absolute atomic E-state index is 12.9. The van der Waals surface area contributed by atoms with Gasteiger partial charge >= 0.3 is 0 Å². The van der Waals surface area contributed by atoms with Crippen LogP contribution in [0.5, 0.6) is 11.5 Å². The Bertz CT molecular complexity index is 1030. The van der Waals surface area contributed by atoms with E-state index in [9.17, 15) is 4.79 Å². The first-order valence-electron chi connectivity index (χ1n) is 9.23. The number of carbonyl (C=O) groups excluding carboxylic acids is 1. The van der Waals surface area contributed by atoms with E-state index >= 15 is 0 Å². The lowest BCUT2D eigenvalue weighted by molar-refractivity contribution is 0.0743. The Kier molecular flexibility index (Phi) is 5.47. The zero-order chi connectivity index (χ0) is 20.1. The molecular weight excluding hydrogens is 372 g/mol. The number of aromatic nitrogens is 3. The minimum atomic E-state index is -0.262. The molecular formula is C21H20N4O4. The molecule has 1 atom stereocenters. The van der Waals surface area contributed by atoms with Crippen LogP contribution in [0.2, 0.25) is 0 Å². The summed E-state index contributed by atoms with van der Waals surface area (Å²) >= 11 is 0. The fourth-order valence-corrected chi connectivity index (χ4v) is 2.97. The summed E-state index contributed by atoms with van der Waals surface area (Å²) in [6.07, 6.45) is 2.96. The highest BCUT2D eigenvalue weighted by Gasteiger charge is 2.24. The molecule has 3 heterocycles. The highest BCUT2D eigenvalue weighted by molar-refractivity contribution is 5.92. The number of amides is 1. The van der Waals surface area contributed by atoms with Crippen LogP contribution < -0.4 is 9.47 Å². The van der Waals surface area contributed by atoms with Gasteiger partial charge in [0.05, 0.1) is 32.1 Å². The van der Waals surface area contributed by atoms with E-state index in [0.29, 0.717) is 31.2 Å². The summed E-state index contributed by atoms with van der Waals surface area (Å²) in [7, 11) is 0. The van der Waals surface area contributed by atoms with E-state index in [2.05, 4.69) is 22.2 Å². The Labute approximate surface area is 168 Å². The van der Waals surface area contributed by atoms with Crippen molar-refractivity contribution in [1.29, 1.82) is 0 Å². The fraction of sp³-hybridized carbons (Fsp3) is 0.286. The molecule has 8 nitrogen and oxygen atoms in total. The Balaban J connectivity index is 1.43. The number of carbonyl (C=O) groups is 1. The molecule has 0 N–H and O–H groups in total. The van der Waals surface area contributed by atoms with Gasteiger partial charge in [-0.2, -0.15) is 0 Å². The molecule has 0 saturated heterocycles. The minimum Gasteiger partial charge on any atom is -0.486 e. The van der Waals surface area contributed by atoms with E-state index in [4.69, 9.17) is 13.9 Å². The number of ether oxygens (including phenoxy) is 2. The minimum absolute atomic E-state index is 0.222. The van der Waals surface area contributed by atoms with Gasteiger partial charge in [-0.25, -0.2) is 4.68 Å². The van der Waals surface area contributed by atoms with Crippen molar-refractivity contribution in [3.8, 4) is 23.3 Å². The van der Waals surface area contributed by atoms with Crippen LogP contribution in [0.3, 0.4) is 0 Å². The van der Waals surface area contributed by atoms with Crippen LogP contribution in [-0.2, 0) is 13.1 Å². The number of furan rings is 1. The van der Waals surface area contributed by atoms with Gasteiger partial charge in [-0.05, 0) is 31.2 Å². The van der Waals surface area contributed by atoms with Crippen molar-refractivity contribution in [2.75, 3.05) is 13.2 Å². The van der Waals surface area contributed by atoms with E-state index in [1.165, 1.54) is 0 Å². The molecule has 148 valence electrons. The molecule has 4 rings (SSSR count). The number of nitrogens with zero attached hydrogens (tertiary/aromatic N) is 4. The normalized spacial score (nSPS) is 14.7. The molecule has 0 saturated carbocycles. The van der Waals surface area contributed by atoms with E-state index in [0.717, 1.165) is 5.75 Å². The largest absolute Gasteiger partial charge is 0.486 e. The van der Waals surface area contributed by atoms with Gasteiger partial charge in [-0.3, -0.25) is 4.79 Å². The number of rotatable bonds is 6. The number of para-hydroxylation sites is 2. The molecule has 0 aliphatic carbocycles. The second-order valence-corrected chi connectivity index (χ2v) is 6.49. The molecule has 0 unspecified atom stereocenters. The summed E-state index contributed by atoms with van der Waals surface area (Å²) in [4.78, 5) is 14.5. The Hall–Kier alpha value is -3.73. The van der Waals surface area contributed by atoms with Gasteiger partial charge in [0.15, 0.2) is 23.3 Å². The highest BCUT2D eigenvalue weighted by atomic mass is 16.6.